The van der Waals surface area contributed by atoms with Gasteiger partial charge in [-0.3, -0.25) is 15.0 Å². The SMILES string of the molecule is CCCCC[C@H](c1cc([N+](=O)[O-])cc(Br)c1O)N1CCNCC1. The highest BCUT2D eigenvalue weighted by Crippen LogP contribution is 2.40. The van der Waals surface area contributed by atoms with E-state index in [1.807, 2.05) is 0 Å². The molecule has 1 heterocycles. The molecule has 1 aliphatic rings. The normalized spacial score (nSPS) is 17.1. The van der Waals surface area contributed by atoms with Gasteiger partial charge in [0.05, 0.1) is 9.40 Å². The maximum Gasteiger partial charge on any atom is 0.271 e. The lowest BCUT2D eigenvalue weighted by Crippen LogP contribution is -2.45. The molecule has 2 rings (SSSR count). The molecule has 0 unspecified atom stereocenters. The molecule has 1 fully saturated rings. The van der Waals surface area contributed by atoms with E-state index >= 15 is 0 Å². The number of aromatic hydroxyl groups is 1. The van der Waals surface area contributed by atoms with Gasteiger partial charge in [-0.2, -0.15) is 0 Å². The van der Waals surface area contributed by atoms with Crippen LogP contribution in [0.1, 0.15) is 44.2 Å². The van der Waals surface area contributed by atoms with Crippen molar-refractivity contribution in [1.82, 2.24) is 10.2 Å². The molecular formula is C16H24BrN3O3. The Balaban J connectivity index is 2.34. The summed E-state index contributed by atoms with van der Waals surface area (Å²) < 4.78 is 0.386. The van der Waals surface area contributed by atoms with Gasteiger partial charge >= 0.3 is 0 Å². The molecule has 0 saturated carbocycles. The first-order chi connectivity index (χ1) is 11.0. The Bertz CT molecular complexity index is 548. The predicted octanol–water partition coefficient (Wildman–Crippen LogP) is 3.59. The predicted molar refractivity (Wildman–Crippen MR) is 93.8 cm³/mol. The smallest absolute Gasteiger partial charge is 0.271 e. The highest BCUT2D eigenvalue weighted by atomic mass is 79.9. The van der Waals surface area contributed by atoms with E-state index < -0.39 is 4.92 Å². The third-order valence-corrected chi connectivity index (χ3v) is 4.93. The van der Waals surface area contributed by atoms with Gasteiger partial charge in [-0.15, -0.1) is 0 Å². The van der Waals surface area contributed by atoms with Crippen molar-refractivity contribution in [1.29, 1.82) is 0 Å². The van der Waals surface area contributed by atoms with Crippen LogP contribution in [0.25, 0.3) is 0 Å². The molecule has 0 spiro atoms. The van der Waals surface area contributed by atoms with Gasteiger partial charge in [0.25, 0.3) is 5.69 Å². The van der Waals surface area contributed by atoms with Crippen LogP contribution < -0.4 is 5.32 Å². The molecule has 7 heteroatoms. The summed E-state index contributed by atoms with van der Waals surface area (Å²) in [5.41, 5.74) is 0.671. The second-order valence-corrected chi connectivity index (χ2v) is 6.77. The van der Waals surface area contributed by atoms with Crippen molar-refractivity contribution >= 4 is 21.6 Å². The molecule has 0 radical (unpaired) electrons. The minimum atomic E-state index is -0.408. The zero-order valence-corrected chi connectivity index (χ0v) is 15.0. The van der Waals surface area contributed by atoms with Gasteiger partial charge in [0.15, 0.2) is 0 Å². The number of nitro benzene ring substituents is 1. The Morgan fingerprint density at radius 2 is 2.09 bits per heavy atom. The number of hydrogen-bond donors (Lipinski definition) is 2. The summed E-state index contributed by atoms with van der Waals surface area (Å²) in [6, 6.07) is 2.90. The van der Waals surface area contributed by atoms with E-state index in [1.54, 1.807) is 0 Å². The molecule has 1 atom stereocenters. The number of piperazine rings is 1. The van der Waals surface area contributed by atoms with Crippen LogP contribution in [0.2, 0.25) is 0 Å². The van der Waals surface area contributed by atoms with E-state index in [2.05, 4.69) is 33.1 Å². The molecule has 1 saturated heterocycles. The summed E-state index contributed by atoms with van der Waals surface area (Å²) in [6.07, 6.45) is 4.19. The van der Waals surface area contributed by atoms with Gasteiger partial charge in [-0.25, -0.2) is 0 Å². The average Bonchev–Trinajstić information content (AvgIpc) is 2.55. The Labute approximate surface area is 145 Å². The van der Waals surface area contributed by atoms with Gasteiger partial charge < -0.3 is 10.4 Å². The van der Waals surface area contributed by atoms with E-state index in [9.17, 15) is 15.2 Å². The van der Waals surface area contributed by atoms with E-state index in [4.69, 9.17) is 0 Å². The van der Waals surface area contributed by atoms with Crippen molar-refractivity contribution in [3.8, 4) is 5.75 Å². The third kappa shape index (κ3) is 4.65. The second kappa shape index (κ2) is 8.61. The van der Waals surface area contributed by atoms with Crippen LogP contribution in [-0.4, -0.2) is 41.1 Å². The number of phenols is 1. The molecule has 0 aliphatic carbocycles. The van der Waals surface area contributed by atoms with Crippen LogP contribution in [0, 0.1) is 10.1 Å². The van der Waals surface area contributed by atoms with Crippen LogP contribution in [0.3, 0.4) is 0 Å². The van der Waals surface area contributed by atoms with Crippen molar-refractivity contribution in [2.75, 3.05) is 26.2 Å². The van der Waals surface area contributed by atoms with E-state index in [1.165, 1.54) is 12.1 Å². The topological polar surface area (TPSA) is 78.6 Å². The summed E-state index contributed by atoms with van der Waals surface area (Å²) in [7, 11) is 0. The van der Waals surface area contributed by atoms with Crippen molar-refractivity contribution in [2.45, 2.75) is 38.6 Å². The number of hydrogen-bond acceptors (Lipinski definition) is 5. The number of unbranched alkanes of at least 4 members (excludes halogenated alkanes) is 2. The fourth-order valence-corrected chi connectivity index (χ4v) is 3.54. The van der Waals surface area contributed by atoms with Gasteiger partial charge in [-0.1, -0.05) is 26.2 Å². The first-order valence-electron chi connectivity index (χ1n) is 8.16. The first-order valence-corrected chi connectivity index (χ1v) is 8.95. The Morgan fingerprint density at radius 1 is 1.39 bits per heavy atom. The Hall–Kier alpha value is -1.18. The van der Waals surface area contributed by atoms with Gasteiger partial charge in [-0.05, 0) is 22.4 Å². The molecule has 2 N–H and O–H groups in total. The molecule has 128 valence electrons. The van der Waals surface area contributed by atoms with Crippen LogP contribution in [0.4, 0.5) is 5.69 Å². The molecule has 1 aromatic rings. The first kappa shape index (κ1) is 18.2. The van der Waals surface area contributed by atoms with Crippen LogP contribution in [0.15, 0.2) is 16.6 Å². The fraction of sp³-hybridized carbons (Fsp3) is 0.625. The van der Waals surface area contributed by atoms with Gasteiger partial charge in [0.1, 0.15) is 5.75 Å². The lowest BCUT2D eigenvalue weighted by molar-refractivity contribution is -0.385. The van der Waals surface area contributed by atoms with Gasteiger partial charge in [0.2, 0.25) is 0 Å². The average molecular weight is 386 g/mol. The summed E-state index contributed by atoms with van der Waals surface area (Å²) in [5.74, 6) is 0.121. The van der Waals surface area contributed by atoms with Crippen LogP contribution >= 0.6 is 15.9 Å². The summed E-state index contributed by atoms with van der Waals surface area (Å²) in [5, 5.41) is 24.9. The van der Waals surface area contributed by atoms with Crippen molar-refractivity contribution < 1.29 is 10.0 Å². The quantitative estimate of drug-likeness (QED) is 0.425. The largest absolute Gasteiger partial charge is 0.506 e. The number of halogens is 1. The molecule has 23 heavy (non-hydrogen) atoms. The fourth-order valence-electron chi connectivity index (χ4n) is 3.08. The second-order valence-electron chi connectivity index (χ2n) is 5.92. The minimum absolute atomic E-state index is 0.0137. The zero-order chi connectivity index (χ0) is 16.8. The number of phenolic OH excluding ortho intramolecular Hbond substituents is 1. The number of rotatable bonds is 7. The van der Waals surface area contributed by atoms with E-state index in [0.29, 0.717) is 10.0 Å². The lowest BCUT2D eigenvalue weighted by atomic mass is 9.96. The highest BCUT2D eigenvalue weighted by Gasteiger charge is 2.27. The Kier molecular flexibility index (Phi) is 6.80. The van der Waals surface area contributed by atoms with Crippen molar-refractivity contribution in [3.05, 3.63) is 32.3 Å². The van der Waals surface area contributed by atoms with Gasteiger partial charge in [0, 0.05) is 49.9 Å². The molecule has 0 amide bonds. The third-order valence-electron chi connectivity index (χ3n) is 4.32. The number of benzene rings is 1. The maximum absolute atomic E-state index is 11.2. The van der Waals surface area contributed by atoms with E-state index in [0.717, 1.165) is 51.9 Å². The van der Waals surface area contributed by atoms with Crippen molar-refractivity contribution in [3.63, 3.8) is 0 Å². The summed E-state index contributed by atoms with van der Waals surface area (Å²) >= 11 is 3.25. The van der Waals surface area contributed by atoms with Crippen LogP contribution in [-0.2, 0) is 0 Å². The lowest BCUT2D eigenvalue weighted by Gasteiger charge is -2.35. The highest BCUT2D eigenvalue weighted by molar-refractivity contribution is 9.10. The molecule has 0 aromatic heterocycles. The number of nitrogens with one attached hydrogen (secondary N) is 1. The monoisotopic (exact) mass is 385 g/mol. The Morgan fingerprint density at radius 3 is 2.70 bits per heavy atom. The van der Waals surface area contributed by atoms with Crippen LogP contribution in [0.5, 0.6) is 5.75 Å². The maximum atomic E-state index is 11.2. The number of nitrogens with zero attached hydrogens (tertiary/aromatic N) is 2. The standard InChI is InChI=1S/C16H24BrN3O3/c1-2-3-4-5-15(19-8-6-18-7-9-19)13-10-12(20(22)23)11-14(17)16(13)21/h10-11,15,18,21H,2-9H2,1H3/t15-/m1/s1. The zero-order valence-electron chi connectivity index (χ0n) is 13.4. The minimum Gasteiger partial charge on any atom is -0.506 e. The van der Waals surface area contributed by atoms with Crippen molar-refractivity contribution in [2.24, 2.45) is 0 Å². The molecule has 1 aromatic carbocycles. The number of non-ortho nitro benzene ring substituents is 1. The molecule has 6 nitrogen and oxygen atoms in total. The summed E-state index contributed by atoms with van der Waals surface area (Å²) in [4.78, 5) is 13.1. The molecule has 0 bridgehead atoms. The molecular weight excluding hydrogens is 362 g/mol. The molecule has 1 aliphatic heterocycles. The number of nitro groups is 1. The van der Waals surface area contributed by atoms with E-state index in [-0.39, 0.29) is 17.5 Å². The summed E-state index contributed by atoms with van der Waals surface area (Å²) in [6.45, 7) is 5.73.